The maximum atomic E-state index is 13.5. The van der Waals surface area contributed by atoms with Gasteiger partial charge in [0, 0.05) is 48.4 Å². The van der Waals surface area contributed by atoms with Crippen LogP contribution in [-0.2, 0) is 14.3 Å². The summed E-state index contributed by atoms with van der Waals surface area (Å²) in [5, 5.41) is 6.55. The number of rotatable bonds is 11. The summed E-state index contributed by atoms with van der Waals surface area (Å²) in [5.41, 5.74) is 0.925. The van der Waals surface area contributed by atoms with Gasteiger partial charge in [-0.25, -0.2) is 19.2 Å². The first-order valence-corrected chi connectivity index (χ1v) is 14.1. The molecule has 1 aliphatic rings. The lowest BCUT2D eigenvalue weighted by molar-refractivity contribution is -0.111. The first-order valence-electron chi connectivity index (χ1n) is 13.4. The lowest BCUT2D eigenvalue weighted by Gasteiger charge is -2.26. The molecule has 0 radical (unpaired) electrons. The summed E-state index contributed by atoms with van der Waals surface area (Å²) in [7, 11) is 0. The van der Waals surface area contributed by atoms with E-state index in [-0.39, 0.29) is 10.9 Å². The highest BCUT2D eigenvalue weighted by molar-refractivity contribution is 6.61. The zero-order chi connectivity index (χ0) is 30.5. The Labute approximate surface area is 254 Å². The molecular formula is C29H34Cl2FN5O5. The predicted molar refractivity (Wildman–Crippen MR) is 162 cm³/mol. The summed E-state index contributed by atoms with van der Waals surface area (Å²) in [5.74, 6) is 0.455. The number of nitrogens with one attached hydrogen (secondary N) is 2. The van der Waals surface area contributed by atoms with Gasteiger partial charge in [-0.2, -0.15) is 0 Å². The van der Waals surface area contributed by atoms with Crippen molar-refractivity contribution >= 4 is 62.6 Å². The van der Waals surface area contributed by atoms with Crippen molar-refractivity contribution in [1.29, 1.82) is 0 Å². The second kappa shape index (κ2) is 16.8. The second-order valence-electron chi connectivity index (χ2n) is 9.63. The van der Waals surface area contributed by atoms with E-state index in [4.69, 9.17) is 32.7 Å². The highest BCUT2D eigenvalue weighted by Gasteiger charge is 2.14. The quantitative estimate of drug-likeness (QED) is 0.142. The van der Waals surface area contributed by atoms with Crippen molar-refractivity contribution in [3.05, 3.63) is 60.2 Å². The highest BCUT2D eigenvalue weighted by Crippen LogP contribution is 2.34. The van der Waals surface area contributed by atoms with Crippen LogP contribution in [0.3, 0.4) is 0 Å². The summed E-state index contributed by atoms with van der Waals surface area (Å²) in [6.07, 6.45) is 3.43. The average Bonchev–Trinajstić information content (AvgIpc) is 2.97. The normalized spacial score (nSPS) is 13.2. The van der Waals surface area contributed by atoms with Crippen molar-refractivity contribution in [1.82, 2.24) is 14.9 Å². The third kappa shape index (κ3) is 10.7. The van der Waals surface area contributed by atoms with E-state index in [0.29, 0.717) is 53.0 Å². The molecule has 42 heavy (non-hydrogen) atoms. The minimum absolute atomic E-state index is 0.00457. The number of halogens is 3. The number of carbonyl (C=O) groups excluding carboxylic acids is 2. The van der Waals surface area contributed by atoms with Crippen LogP contribution in [-0.4, -0.2) is 72.3 Å². The number of aromatic nitrogens is 2. The Kier molecular flexibility index (Phi) is 13.2. The molecule has 1 saturated heterocycles. The monoisotopic (exact) mass is 621 g/mol. The van der Waals surface area contributed by atoms with Gasteiger partial charge in [-0.05, 0) is 42.7 Å². The predicted octanol–water partition coefficient (Wildman–Crippen LogP) is 6.41. The van der Waals surface area contributed by atoms with Gasteiger partial charge in [0.15, 0.2) is 0 Å². The molecule has 13 heteroatoms. The summed E-state index contributed by atoms with van der Waals surface area (Å²) >= 11 is 10.8. The van der Waals surface area contributed by atoms with Crippen LogP contribution in [0.2, 0.25) is 5.02 Å². The van der Waals surface area contributed by atoms with E-state index in [2.05, 4.69) is 36.8 Å². The average molecular weight is 623 g/mol. The van der Waals surface area contributed by atoms with Crippen LogP contribution in [0.25, 0.3) is 10.9 Å². The number of benzene rings is 2. The van der Waals surface area contributed by atoms with Crippen LogP contribution in [0.1, 0.15) is 20.3 Å². The maximum absolute atomic E-state index is 13.5. The lowest BCUT2D eigenvalue weighted by Crippen LogP contribution is -2.37. The van der Waals surface area contributed by atoms with Gasteiger partial charge in [0.2, 0.25) is 5.91 Å². The number of morpholine rings is 1. The molecule has 0 spiro atoms. The molecule has 3 aromatic rings. The molecule has 0 unspecified atom stereocenters. The number of carbonyl (C=O) groups is 2. The fourth-order valence-corrected chi connectivity index (χ4v) is 4.07. The molecule has 0 atom stereocenters. The van der Waals surface area contributed by atoms with E-state index >= 15 is 0 Å². The number of amides is 1. The van der Waals surface area contributed by atoms with E-state index in [0.717, 1.165) is 39.3 Å². The van der Waals surface area contributed by atoms with Gasteiger partial charge in [-0.3, -0.25) is 9.69 Å². The Hall–Kier alpha value is -3.51. The van der Waals surface area contributed by atoms with Gasteiger partial charge < -0.3 is 24.8 Å². The first-order chi connectivity index (χ1) is 20.2. The minimum Gasteiger partial charge on any atom is -0.491 e. The highest BCUT2D eigenvalue weighted by atomic mass is 35.5. The molecule has 0 bridgehead atoms. The van der Waals surface area contributed by atoms with E-state index in [1.54, 1.807) is 18.2 Å². The molecule has 1 fully saturated rings. The number of anilines is 3. The summed E-state index contributed by atoms with van der Waals surface area (Å²) in [4.78, 5) is 32.9. The van der Waals surface area contributed by atoms with Gasteiger partial charge in [0.25, 0.3) is 0 Å². The van der Waals surface area contributed by atoms with Gasteiger partial charge in [0.1, 0.15) is 23.7 Å². The Balaban J connectivity index is 0.000000531. The molecule has 226 valence electrons. The maximum Gasteiger partial charge on any atom is 0.403 e. The van der Waals surface area contributed by atoms with Crippen molar-refractivity contribution in [3.8, 4) is 5.75 Å². The van der Waals surface area contributed by atoms with Crippen LogP contribution in [0.4, 0.5) is 26.4 Å². The fourth-order valence-electron chi connectivity index (χ4n) is 3.82. The van der Waals surface area contributed by atoms with Crippen molar-refractivity contribution in [2.24, 2.45) is 5.92 Å². The molecule has 2 heterocycles. The van der Waals surface area contributed by atoms with Crippen LogP contribution in [0, 0.1) is 11.7 Å². The summed E-state index contributed by atoms with van der Waals surface area (Å²) in [6, 6.07) is 7.79. The van der Waals surface area contributed by atoms with E-state index in [1.807, 2.05) is 13.8 Å². The molecule has 4 rings (SSSR count). The third-order valence-corrected chi connectivity index (χ3v) is 6.27. The number of nitrogens with zero attached hydrogens (tertiary/aromatic N) is 3. The first kappa shape index (κ1) is 33.0. The molecule has 2 N–H and O–H groups in total. The number of hydrogen-bond donors (Lipinski definition) is 2. The standard InChI is InChI=1S/C24H25ClFN5O3.C5H9ClO2/c1-2-23(32)30-21-13-17-20(14-22(21)34-9-3-6-31-7-10-33-11-8-31)27-15-28-24(17)29-16-4-5-19(26)18(25)12-16;1-4(2)3-8-5(6)7/h2,4-5,12-15H,1,3,6-11H2,(H,30,32)(H,27,28,29);4H,3H2,1-2H3. The number of hydrogen-bond acceptors (Lipinski definition) is 9. The number of fused-ring (bicyclic) bond motifs is 1. The van der Waals surface area contributed by atoms with Crippen LogP contribution < -0.4 is 15.4 Å². The van der Waals surface area contributed by atoms with Gasteiger partial charge in [0.05, 0.1) is 42.7 Å². The second-order valence-corrected chi connectivity index (χ2v) is 10.3. The van der Waals surface area contributed by atoms with Crippen molar-refractivity contribution < 1.29 is 28.2 Å². The van der Waals surface area contributed by atoms with E-state index < -0.39 is 11.2 Å². The molecular weight excluding hydrogens is 588 g/mol. The summed E-state index contributed by atoms with van der Waals surface area (Å²) < 4.78 is 29.3. The number of ether oxygens (including phenoxy) is 3. The Morgan fingerprint density at radius 2 is 1.98 bits per heavy atom. The molecule has 2 aromatic carbocycles. The molecule has 0 aliphatic carbocycles. The third-order valence-electron chi connectivity index (χ3n) is 5.87. The Morgan fingerprint density at radius 1 is 1.21 bits per heavy atom. The molecule has 10 nitrogen and oxygen atoms in total. The van der Waals surface area contributed by atoms with Gasteiger partial charge >= 0.3 is 5.43 Å². The van der Waals surface area contributed by atoms with Crippen LogP contribution in [0.15, 0.2) is 49.3 Å². The smallest absolute Gasteiger partial charge is 0.403 e. The SMILES string of the molecule is C=CC(=O)Nc1cc2c(Nc3ccc(F)c(Cl)c3)ncnc2cc1OCCCN1CCOCC1.CC(C)COC(=O)Cl. The van der Waals surface area contributed by atoms with Gasteiger partial charge in [-0.1, -0.05) is 32.0 Å². The van der Waals surface area contributed by atoms with Crippen LogP contribution in [0.5, 0.6) is 5.75 Å². The van der Waals surface area contributed by atoms with Gasteiger partial charge in [-0.15, -0.1) is 0 Å². The van der Waals surface area contributed by atoms with Crippen molar-refractivity contribution in [3.63, 3.8) is 0 Å². The lowest BCUT2D eigenvalue weighted by atomic mass is 10.1. The molecule has 1 aromatic heterocycles. The minimum atomic E-state index is -0.723. The van der Waals surface area contributed by atoms with Crippen molar-refractivity contribution in [2.75, 3.05) is 56.7 Å². The Morgan fingerprint density at radius 3 is 2.62 bits per heavy atom. The largest absolute Gasteiger partial charge is 0.491 e. The van der Waals surface area contributed by atoms with E-state index in [9.17, 15) is 14.0 Å². The van der Waals surface area contributed by atoms with E-state index in [1.165, 1.54) is 24.5 Å². The fraction of sp³-hybridized carbons (Fsp3) is 0.379. The molecule has 0 saturated carbocycles. The summed E-state index contributed by atoms with van der Waals surface area (Å²) in [6.45, 7) is 12.5. The van der Waals surface area contributed by atoms with Crippen molar-refractivity contribution in [2.45, 2.75) is 20.3 Å². The zero-order valence-corrected chi connectivity index (χ0v) is 25.0. The topological polar surface area (TPSA) is 115 Å². The molecule has 1 aliphatic heterocycles. The molecule has 1 amide bonds. The zero-order valence-electron chi connectivity index (χ0n) is 23.5. The Bertz CT molecular complexity index is 1370. The van der Waals surface area contributed by atoms with Crippen LogP contribution >= 0.6 is 23.2 Å².